The highest BCUT2D eigenvalue weighted by Gasteiger charge is 2.44. The van der Waals surface area contributed by atoms with E-state index in [2.05, 4.69) is 28.5 Å². The number of hydrogen-bond donors (Lipinski definition) is 1. The van der Waals surface area contributed by atoms with Crippen LogP contribution < -0.4 is 9.46 Å². The van der Waals surface area contributed by atoms with Crippen LogP contribution >= 0.6 is 0 Å². The van der Waals surface area contributed by atoms with Crippen LogP contribution in [0.3, 0.4) is 0 Å². The van der Waals surface area contributed by atoms with Crippen LogP contribution in [0.4, 0.5) is 5.95 Å². The number of rotatable bonds is 7. The molecule has 2 saturated carbocycles. The molecule has 3 aliphatic rings. The van der Waals surface area contributed by atoms with Gasteiger partial charge in [0.1, 0.15) is 6.61 Å². The number of fused-ring (bicyclic) bond motifs is 4. The third kappa shape index (κ3) is 6.16. The molecule has 8 nitrogen and oxygen atoms in total. The lowest BCUT2D eigenvalue weighted by Gasteiger charge is -2.36. The van der Waals surface area contributed by atoms with E-state index in [1.807, 2.05) is 36.9 Å². The van der Waals surface area contributed by atoms with E-state index in [1.165, 1.54) is 37.8 Å². The number of aromatic nitrogens is 2. The molecule has 1 aromatic heterocycles. The number of anilines is 1. The second kappa shape index (κ2) is 11.3. The quantitative estimate of drug-likeness (QED) is 0.350. The fourth-order valence-corrected chi connectivity index (χ4v) is 7.39. The van der Waals surface area contributed by atoms with E-state index >= 15 is 0 Å². The minimum absolute atomic E-state index is 0.00237. The van der Waals surface area contributed by atoms with E-state index in [1.54, 1.807) is 18.2 Å². The molecule has 9 heteroatoms. The molecule has 6 rings (SSSR count). The van der Waals surface area contributed by atoms with E-state index in [0.29, 0.717) is 41.5 Å². The molecule has 1 N–H and O–H groups in total. The molecular weight excluding hydrogens is 548 g/mol. The summed E-state index contributed by atoms with van der Waals surface area (Å²) >= 11 is 0. The maximum Gasteiger partial charge on any atom is 0.264 e. The van der Waals surface area contributed by atoms with Crippen LogP contribution in [0, 0.1) is 37.5 Å². The van der Waals surface area contributed by atoms with Gasteiger partial charge in [-0.25, -0.2) is 18.1 Å². The van der Waals surface area contributed by atoms with Gasteiger partial charge in [-0.1, -0.05) is 38.1 Å². The number of aryl methyl sites for hydroxylation is 2. The summed E-state index contributed by atoms with van der Waals surface area (Å²) in [6.07, 6.45) is 5.64. The number of amides is 1. The van der Waals surface area contributed by atoms with Crippen molar-refractivity contribution in [1.29, 1.82) is 0 Å². The fourth-order valence-electron chi connectivity index (χ4n) is 6.40. The summed E-state index contributed by atoms with van der Waals surface area (Å²) in [5.74, 6) is 2.17. The average Bonchev–Trinajstić information content (AvgIpc) is 3.86. The minimum atomic E-state index is -4.08. The summed E-state index contributed by atoms with van der Waals surface area (Å²) in [5.41, 5.74) is 3.87. The highest BCUT2D eigenvalue weighted by atomic mass is 32.2. The van der Waals surface area contributed by atoms with Crippen molar-refractivity contribution >= 4 is 21.9 Å². The zero-order valence-corrected chi connectivity index (χ0v) is 25.7. The smallest absolute Gasteiger partial charge is 0.264 e. The van der Waals surface area contributed by atoms with Gasteiger partial charge in [0.05, 0.1) is 16.6 Å². The summed E-state index contributed by atoms with van der Waals surface area (Å²) in [7, 11) is -4.08. The van der Waals surface area contributed by atoms with Crippen molar-refractivity contribution in [2.24, 2.45) is 23.7 Å². The first-order valence-electron chi connectivity index (χ1n) is 15.1. The molecule has 222 valence electrons. The molecule has 1 amide bonds. The number of benzene rings is 2. The number of sulfonamides is 1. The monoisotopic (exact) mass is 588 g/mol. The molecule has 2 aliphatic carbocycles. The molecule has 0 spiro atoms. The normalized spacial score (nSPS) is 20.4. The maximum atomic E-state index is 14.3. The van der Waals surface area contributed by atoms with Crippen LogP contribution in [-0.4, -0.2) is 48.4 Å². The number of carbonyl (C=O) groups excluding carboxylic acids is 1. The number of carbonyl (C=O) groups is 1. The summed E-state index contributed by atoms with van der Waals surface area (Å²) in [6, 6.07) is 13.9. The fraction of sp³-hybridized carbons (Fsp3) is 0.485. The first-order valence-corrected chi connectivity index (χ1v) is 16.6. The predicted molar refractivity (Wildman–Crippen MR) is 163 cm³/mol. The van der Waals surface area contributed by atoms with Gasteiger partial charge in [0.2, 0.25) is 11.8 Å². The highest BCUT2D eigenvalue weighted by Crippen LogP contribution is 2.49. The van der Waals surface area contributed by atoms with Gasteiger partial charge in [0.25, 0.3) is 15.9 Å². The lowest BCUT2D eigenvalue weighted by atomic mass is 9.94. The van der Waals surface area contributed by atoms with Crippen molar-refractivity contribution in [2.75, 3.05) is 17.9 Å². The van der Waals surface area contributed by atoms with Gasteiger partial charge in [0.15, 0.2) is 0 Å². The molecule has 0 saturated heterocycles. The van der Waals surface area contributed by atoms with E-state index in [0.717, 1.165) is 23.1 Å². The third-order valence-electron chi connectivity index (χ3n) is 8.79. The SMILES string of the molecule is Cc1cccc(C)c1-c1cc2nc(n1)NS(=O)(=O)c1cccc(c1)C(=O)N(CC(C1CC1)C1CC1)[C@H](CC(C)C)CO2. The van der Waals surface area contributed by atoms with Gasteiger partial charge in [-0.05, 0) is 98.9 Å². The Morgan fingerprint density at radius 3 is 2.29 bits per heavy atom. The molecular formula is C33H40N4O4S. The Morgan fingerprint density at radius 2 is 1.64 bits per heavy atom. The Bertz CT molecular complexity index is 1570. The predicted octanol–water partition coefficient (Wildman–Crippen LogP) is 6.25. The van der Waals surface area contributed by atoms with Crippen LogP contribution in [0.15, 0.2) is 53.4 Å². The maximum absolute atomic E-state index is 14.3. The third-order valence-corrected chi connectivity index (χ3v) is 10.1. The van der Waals surface area contributed by atoms with Crippen molar-refractivity contribution in [3.05, 3.63) is 65.2 Å². The molecule has 2 aromatic carbocycles. The van der Waals surface area contributed by atoms with Crippen LogP contribution in [0.5, 0.6) is 5.88 Å². The molecule has 1 atom stereocenters. The second-order valence-electron chi connectivity index (χ2n) is 12.7. The first kappa shape index (κ1) is 28.6. The van der Waals surface area contributed by atoms with E-state index < -0.39 is 10.0 Å². The Morgan fingerprint density at radius 1 is 0.976 bits per heavy atom. The Labute approximate surface area is 249 Å². The van der Waals surface area contributed by atoms with Gasteiger partial charge in [-0.3, -0.25) is 4.79 Å². The van der Waals surface area contributed by atoms with Crippen molar-refractivity contribution < 1.29 is 17.9 Å². The first-order chi connectivity index (χ1) is 20.1. The number of nitrogens with one attached hydrogen (secondary N) is 1. The van der Waals surface area contributed by atoms with Crippen LogP contribution in [0.25, 0.3) is 11.3 Å². The summed E-state index contributed by atoms with van der Waals surface area (Å²) in [5, 5.41) is 0. The lowest BCUT2D eigenvalue weighted by molar-refractivity contribution is 0.0503. The summed E-state index contributed by atoms with van der Waals surface area (Å²) in [4.78, 5) is 25.3. The number of nitrogens with zero attached hydrogens (tertiary/aromatic N) is 3. The van der Waals surface area contributed by atoms with E-state index in [-0.39, 0.29) is 35.3 Å². The van der Waals surface area contributed by atoms with Crippen LogP contribution in [0.1, 0.15) is 67.4 Å². The highest BCUT2D eigenvalue weighted by molar-refractivity contribution is 7.92. The van der Waals surface area contributed by atoms with Crippen molar-refractivity contribution in [3.8, 4) is 17.1 Å². The minimum Gasteiger partial charge on any atom is -0.475 e. The molecule has 4 bridgehead atoms. The average molecular weight is 589 g/mol. The van der Waals surface area contributed by atoms with Gasteiger partial charge in [-0.15, -0.1) is 0 Å². The standard InChI is InChI=1S/C33H40N4O4S/c1-20(2)15-26-19-41-30-17-29(31-21(3)7-5-8-22(31)4)34-33(35-30)36-42(39,40)27-10-6-9-25(16-27)32(38)37(26)18-28(23-11-12-23)24-13-14-24/h5-10,16-17,20,23-24,26,28H,11-15,18-19H2,1-4H3,(H,34,35,36)/t26-/m1/s1. The van der Waals surface area contributed by atoms with Crippen LogP contribution in [-0.2, 0) is 10.0 Å². The lowest BCUT2D eigenvalue weighted by Crippen LogP contribution is -2.47. The molecule has 42 heavy (non-hydrogen) atoms. The molecule has 0 unspecified atom stereocenters. The van der Waals surface area contributed by atoms with Gasteiger partial charge >= 0.3 is 0 Å². The van der Waals surface area contributed by atoms with Crippen molar-refractivity contribution in [2.45, 2.75) is 70.7 Å². The molecule has 2 heterocycles. The zero-order chi connectivity index (χ0) is 29.6. The molecule has 3 aromatic rings. The number of hydrogen-bond acceptors (Lipinski definition) is 6. The Balaban J connectivity index is 1.47. The van der Waals surface area contributed by atoms with Crippen molar-refractivity contribution in [1.82, 2.24) is 14.9 Å². The number of ether oxygens (including phenoxy) is 1. The van der Waals surface area contributed by atoms with Gasteiger partial charge < -0.3 is 9.64 Å². The zero-order valence-electron chi connectivity index (χ0n) is 24.8. The molecule has 1 aliphatic heterocycles. The summed E-state index contributed by atoms with van der Waals surface area (Å²) < 4.78 is 36.1. The second-order valence-corrected chi connectivity index (χ2v) is 14.4. The topological polar surface area (TPSA) is 101 Å². The Hall–Kier alpha value is -3.46. The largest absolute Gasteiger partial charge is 0.475 e. The van der Waals surface area contributed by atoms with Gasteiger partial charge in [-0.2, -0.15) is 4.98 Å². The Kier molecular flexibility index (Phi) is 7.72. The van der Waals surface area contributed by atoms with Crippen molar-refractivity contribution in [3.63, 3.8) is 0 Å². The van der Waals surface area contributed by atoms with E-state index in [4.69, 9.17) is 4.74 Å². The van der Waals surface area contributed by atoms with E-state index in [9.17, 15) is 13.2 Å². The van der Waals surface area contributed by atoms with Crippen LogP contribution in [0.2, 0.25) is 0 Å². The molecule has 0 radical (unpaired) electrons. The summed E-state index contributed by atoms with van der Waals surface area (Å²) in [6.45, 7) is 9.22. The van der Waals surface area contributed by atoms with Gasteiger partial charge in [0, 0.05) is 23.7 Å². The molecule has 2 fully saturated rings.